The van der Waals surface area contributed by atoms with E-state index in [-0.39, 0.29) is 24.2 Å². The van der Waals surface area contributed by atoms with Gasteiger partial charge >= 0.3 is 6.61 Å². The minimum atomic E-state index is -2.88. The molecule has 2 N–H and O–H groups in total. The molecule has 0 fully saturated rings. The molecule has 3 aromatic rings. The number of amides is 1. The molecule has 30 heavy (non-hydrogen) atoms. The summed E-state index contributed by atoms with van der Waals surface area (Å²) in [6.07, 6.45) is 0. The van der Waals surface area contributed by atoms with Crippen LogP contribution in [-0.4, -0.2) is 19.1 Å². The first-order valence-corrected chi connectivity index (χ1v) is 9.70. The molecule has 0 spiro atoms. The molecule has 0 aliphatic rings. The number of hydrogen-bond donors (Lipinski definition) is 2. The molecule has 0 bridgehead atoms. The highest BCUT2D eigenvalue weighted by Crippen LogP contribution is 2.25. The van der Waals surface area contributed by atoms with E-state index in [1.165, 1.54) is 12.1 Å². The van der Waals surface area contributed by atoms with Crippen molar-refractivity contribution >= 4 is 5.91 Å². The lowest BCUT2D eigenvalue weighted by Crippen LogP contribution is -2.37. The van der Waals surface area contributed by atoms with Crippen LogP contribution in [0.2, 0.25) is 0 Å². The van der Waals surface area contributed by atoms with Crippen LogP contribution in [0.1, 0.15) is 35.7 Å². The Morgan fingerprint density at radius 1 is 0.833 bits per heavy atom. The van der Waals surface area contributed by atoms with Crippen LogP contribution in [0.3, 0.4) is 0 Å². The smallest absolute Gasteiger partial charge is 0.387 e. The van der Waals surface area contributed by atoms with Crippen molar-refractivity contribution < 1.29 is 18.3 Å². The van der Waals surface area contributed by atoms with Gasteiger partial charge in [0, 0.05) is 6.04 Å². The van der Waals surface area contributed by atoms with Gasteiger partial charge in [0.05, 0.1) is 12.6 Å². The SMILES string of the molecule is C[C@@H](NCC(=O)N[C@H](c1ccccc1)c1ccc(OC(F)F)cc1)c1ccccc1. The summed E-state index contributed by atoms with van der Waals surface area (Å²) in [5.74, 6) is -0.0928. The number of rotatable bonds is 9. The number of carbonyl (C=O) groups excluding carboxylic acids is 1. The molecule has 0 heterocycles. The molecule has 6 heteroatoms. The van der Waals surface area contributed by atoms with Crippen molar-refractivity contribution in [3.63, 3.8) is 0 Å². The molecule has 3 aromatic carbocycles. The third-order valence-electron chi connectivity index (χ3n) is 4.75. The van der Waals surface area contributed by atoms with Gasteiger partial charge in [-0.25, -0.2) is 0 Å². The topological polar surface area (TPSA) is 50.4 Å². The second-order valence-electron chi connectivity index (χ2n) is 6.87. The number of hydrogen-bond acceptors (Lipinski definition) is 3. The molecular formula is C24H24F2N2O2. The lowest BCUT2D eigenvalue weighted by Gasteiger charge is -2.21. The summed E-state index contributed by atoms with van der Waals surface area (Å²) in [5, 5.41) is 6.25. The van der Waals surface area contributed by atoms with Crippen LogP contribution in [0.25, 0.3) is 0 Å². The summed E-state index contributed by atoms with van der Waals surface area (Å²) < 4.78 is 29.2. The van der Waals surface area contributed by atoms with E-state index in [2.05, 4.69) is 15.4 Å². The number of carbonyl (C=O) groups is 1. The summed E-state index contributed by atoms with van der Waals surface area (Å²) in [5.41, 5.74) is 2.76. The van der Waals surface area contributed by atoms with Crippen molar-refractivity contribution in [2.75, 3.05) is 6.54 Å². The lowest BCUT2D eigenvalue weighted by molar-refractivity contribution is -0.120. The highest BCUT2D eigenvalue weighted by atomic mass is 19.3. The monoisotopic (exact) mass is 410 g/mol. The summed E-state index contributed by atoms with van der Waals surface area (Å²) in [4.78, 5) is 12.7. The van der Waals surface area contributed by atoms with Crippen LogP contribution in [0.4, 0.5) is 8.78 Å². The van der Waals surface area contributed by atoms with E-state index < -0.39 is 12.7 Å². The van der Waals surface area contributed by atoms with Crippen molar-refractivity contribution in [3.8, 4) is 5.75 Å². The first-order chi connectivity index (χ1) is 14.5. The molecule has 4 nitrogen and oxygen atoms in total. The Morgan fingerprint density at radius 3 is 1.93 bits per heavy atom. The fourth-order valence-electron chi connectivity index (χ4n) is 3.16. The molecule has 3 rings (SSSR count). The molecule has 1 amide bonds. The molecule has 0 aliphatic heterocycles. The Balaban J connectivity index is 1.69. The average molecular weight is 410 g/mol. The molecular weight excluding hydrogens is 386 g/mol. The van der Waals surface area contributed by atoms with Gasteiger partial charge in [0.25, 0.3) is 0 Å². The summed E-state index contributed by atoms with van der Waals surface area (Å²) >= 11 is 0. The number of benzene rings is 3. The first kappa shape index (κ1) is 21.5. The number of halogens is 2. The second kappa shape index (κ2) is 10.5. The maximum absolute atomic E-state index is 12.7. The van der Waals surface area contributed by atoms with Crippen molar-refractivity contribution in [2.24, 2.45) is 0 Å². The van der Waals surface area contributed by atoms with E-state index in [1.54, 1.807) is 12.1 Å². The maximum atomic E-state index is 12.7. The van der Waals surface area contributed by atoms with Gasteiger partial charge in [-0.2, -0.15) is 8.78 Å². The van der Waals surface area contributed by atoms with Crippen LogP contribution in [0.5, 0.6) is 5.75 Å². The van der Waals surface area contributed by atoms with Gasteiger partial charge in [-0.1, -0.05) is 72.8 Å². The zero-order chi connectivity index (χ0) is 21.3. The van der Waals surface area contributed by atoms with E-state index >= 15 is 0 Å². The van der Waals surface area contributed by atoms with Crippen molar-refractivity contribution in [2.45, 2.75) is 25.6 Å². The normalized spacial score (nSPS) is 12.9. The Morgan fingerprint density at radius 2 is 1.37 bits per heavy atom. The quantitative estimate of drug-likeness (QED) is 0.531. The van der Waals surface area contributed by atoms with E-state index in [9.17, 15) is 13.6 Å². The molecule has 0 unspecified atom stereocenters. The Kier molecular flexibility index (Phi) is 7.51. The number of ether oxygens (including phenoxy) is 1. The zero-order valence-corrected chi connectivity index (χ0v) is 16.6. The molecule has 0 saturated carbocycles. The van der Waals surface area contributed by atoms with Gasteiger partial charge in [-0.15, -0.1) is 0 Å². The summed E-state index contributed by atoms with van der Waals surface area (Å²) in [6, 6.07) is 25.3. The fourth-order valence-corrected chi connectivity index (χ4v) is 3.16. The first-order valence-electron chi connectivity index (χ1n) is 9.70. The third-order valence-corrected chi connectivity index (χ3v) is 4.75. The minimum absolute atomic E-state index is 0.0258. The fraction of sp³-hybridized carbons (Fsp3) is 0.208. The van der Waals surface area contributed by atoms with Gasteiger partial charge in [0.2, 0.25) is 5.91 Å². The van der Waals surface area contributed by atoms with E-state index in [0.29, 0.717) is 0 Å². The van der Waals surface area contributed by atoms with Gasteiger partial charge in [-0.05, 0) is 35.7 Å². The van der Waals surface area contributed by atoms with Gasteiger partial charge < -0.3 is 15.4 Å². The Hall–Kier alpha value is -3.25. The Labute approximate surface area is 174 Å². The highest BCUT2D eigenvalue weighted by molar-refractivity contribution is 5.79. The molecule has 0 saturated heterocycles. The standard InChI is InChI=1S/C24H24F2N2O2/c1-17(18-8-4-2-5-9-18)27-16-22(29)28-23(19-10-6-3-7-11-19)20-12-14-21(15-13-20)30-24(25)26/h2-15,17,23-24,27H,16H2,1H3,(H,28,29)/t17-,23-/m1/s1. The molecule has 2 atom stereocenters. The minimum Gasteiger partial charge on any atom is -0.435 e. The molecule has 0 aliphatic carbocycles. The second-order valence-corrected chi connectivity index (χ2v) is 6.87. The molecule has 0 radical (unpaired) electrons. The highest BCUT2D eigenvalue weighted by Gasteiger charge is 2.18. The van der Waals surface area contributed by atoms with E-state index in [4.69, 9.17) is 0 Å². The lowest BCUT2D eigenvalue weighted by atomic mass is 9.98. The number of nitrogens with one attached hydrogen (secondary N) is 2. The van der Waals surface area contributed by atoms with Gasteiger partial charge in [0.15, 0.2) is 0 Å². The Bertz CT molecular complexity index is 919. The van der Waals surface area contributed by atoms with Crippen molar-refractivity contribution in [1.29, 1.82) is 0 Å². The zero-order valence-electron chi connectivity index (χ0n) is 16.6. The van der Waals surface area contributed by atoms with Crippen molar-refractivity contribution in [1.82, 2.24) is 10.6 Å². The van der Waals surface area contributed by atoms with E-state index in [0.717, 1.165) is 16.7 Å². The predicted molar refractivity (Wildman–Crippen MR) is 112 cm³/mol. The predicted octanol–water partition coefficient (Wildman–Crippen LogP) is 4.84. The largest absolute Gasteiger partial charge is 0.435 e. The van der Waals surface area contributed by atoms with Crippen LogP contribution < -0.4 is 15.4 Å². The maximum Gasteiger partial charge on any atom is 0.387 e. The van der Waals surface area contributed by atoms with Crippen LogP contribution >= 0.6 is 0 Å². The summed E-state index contributed by atoms with van der Waals surface area (Å²) in [7, 11) is 0. The van der Waals surface area contributed by atoms with Crippen LogP contribution in [0, 0.1) is 0 Å². The van der Waals surface area contributed by atoms with Crippen LogP contribution in [-0.2, 0) is 4.79 Å². The van der Waals surface area contributed by atoms with Gasteiger partial charge in [0.1, 0.15) is 5.75 Å². The summed E-state index contributed by atoms with van der Waals surface area (Å²) in [6.45, 7) is -0.733. The van der Waals surface area contributed by atoms with Crippen LogP contribution in [0.15, 0.2) is 84.9 Å². The van der Waals surface area contributed by atoms with Gasteiger partial charge in [-0.3, -0.25) is 4.79 Å². The number of alkyl halides is 2. The third kappa shape index (κ3) is 6.12. The van der Waals surface area contributed by atoms with E-state index in [1.807, 2.05) is 67.6 Å². The molecule has 156 valence electrons. The average Bonchev–Trinajstić information content (AvgIpc) is 2.77. The molecule has 0 aromatic heterocycles. The van der Waals surface area contributed by atoms with Crippen molar-refractivity contribution in [3.05, 3.63) is 102 Å².